The number of sulfonamides is 1. The first-order valence-electron chi connectivity index (χ1n) is 8.60. The molecule has 1 amide bonds. The summed E-state index contributed by atoms with van der Waals surface area (Å²) in [5.41, 5.74) is 0.592. The molecule has 0 radical (unpaired) electrons. The van der Waals surface area contributed by atoms with Crippen LogP contribution in [0.5, 0.6) is 0 Å². The Balaban J connectivity index is 2.20. The molecule has 2 rings (SSSR count). The van der Waals surface area contributed by atoms with Crippen molar-refractivity contribution in [2.75, 3.05) is 17.6 Å². The minimum absolute atomic E-state index is 0.185. The first-order chi connectivity index (χ1) is 13.6. The van der Waals surface area contributed by atoms with Crippen LogP contribution in [0, 0.1) is 11.3 Å². The molecule has 0 spiro atoms. The van der Waals surface area contributed by atoms with Crippen molar-refractivity contribution >= 4 is 21.9 Å². The van der Waals surface area contributed by atoms with Gasteiger partial charge in [-0.15, -0.1) is 0 Å². The number of benzene rings is 1. The molecule has 1 aromatic heterocycles. The van der Waals surface area contributed by atoms with Crippen LogP contribution in [0.2, 0.25) is 0 Å². The summed E-state index contributed by atoms with van der Waals surface area (Å²) in [7, 11) is -2.40. The second-order valence-corrected chi connectivity index (χ2v) is 8.45. The lowest BCUT2D eigenvalue weighted by molar-refractivity contribution is -0.000384. The Morgan fingerprint density at radius 1 is 1.34 bits per heavy atom. The maximum atomic E-state index is 12.6. The predicted molar refractivity (Wildman–Crippen MR) is 103 cm³/mol. The van der Waals surface area contributed by atoms with E-state index in [9.17, 15) is 23.4 Å². The normalized spacial score (nSPS) is 14.4. The predicted octanol–water partition coefficient (Wildman–Crippen LogP) is 0.0470. The zero-order valence-electron chi connectivity index (χ0n) is 15.9. The van der Waals surface area contributed by atoms with Crippen LogP contribution in [0.3, 0.4) is 0 Å². The van der Waals surface area contributed by atoms with Gasteiger partial charge in [-0.2, -0.15) is 10.2 Å². The maximum Gasteiger partial charge on any atom is 0.311 e. The van der Waals surface area contributed by atoms with Crippen molar-refractivity contribution in [3.8, 4) is 6.07 Å². The third-order valence-corrected chi connectivity index (χ3v) is 5.36. The highest BCUT2D eigenvalue weighted by molar-refractivity contribution is 7.92. The van der Waals surface area contributed by atoms with Crippen LogP contribution < -0.4 is 9.62 Å². The summed E-state index contributed by atoms with van der Waals surface area (Å²) in [6, 6.07) is 9.52. The average molecular weight is 422 g/mol. The molecule has 1 aromatic carbocycles. The SMILES string of the molecule is CN(c1nc(C(=O)NC(Cc2ccccc2)C(O)C(O)CC#N)co1)S(C)(=O)=O. The number of carbonyl (C=O) groups excluding carboxylic acids is 1. The molecule has 3 unspecified atom stereocenters. The zero-order valence-corrected chi connectivity index (χ0v) is 16.7. The Hall–Kier alpha value is -2.94. The number of aliphatic hydroxyl groups is 2. The number of oxazole rings is 1. The summed E-state index contributed by atoms with van der Waals surface area (Å²) >= 11 is 0. The number of anilines is 1. The van der Waals surface area contributed by atoms with E-state index in [1.54, 1.807) is 30.3 Å². The van der Waals surface area contributed by atoms with Crippen LogP contribution in [-0.4, -0.2) is 61.1 Å². The lowest BCUT2D eigenvalue weighted by Gasteiger charge is -2.26. The van der Waals surface area contributed by atoms with E-state index in [0.717, 1.165) is 22.4 Å². The van der Waals surface area contributed by atoms with E-state index >= 15 is 0 Å². The van der Waals surface area contributed by atoms with Gasteiger partial charge in [-0.3, -0.25) is 4.79 Å². The molecule has 3 atom stereocenters. The van der Waals surface area contributed by atoms with Gasteiger partial charge in [0.2, 0.25) is 10.0 Å². The number of carbonyl (C=O) groups is 1. The van der Waals surface area contributed by atoms with Crippen LogP contribution in [0.4, 0.5) is 6.01 Å². The first-order valence-corrected chi connectivity index (χ1v) is 10.5. The molecule has 29 heavy (non-hydrogen) atoms. The van der Waals surface area contributed by atoms with Crippen LogP contribution in [-0.2, 0) is 16.4 Å². The van der Waals surface area contributed by atoms with E-state index in [-0.39, 0.29) is 24.6 Å². The maximum absolute atomic E-state index is 12.6. The number of amides is 1. The molecule has 0 saturated carbocycles. The van der Waals surface area contributed by atoms with Gasteiger partial charge in [-0.1, -0.05) is 30.3 Å². The number of aromatic nitrogens is 1. The zero-order chi connectivity index (χ0) is 21.6. The Morgan fingerprint density at radius 3 is 2.59 bits per heavy atom. The standard InChI is InChI=1S/C18H22N4O6S/c1-22(29(2,26)27)18-21-14(11-28-18)17(25)20-13(16(24)15(23)8-9-19)10-12-6-4-3-5-7-12/h3-7,11,13,15-16,23-24H,8,10H2,1-2H3,(H,20,25). The highest BCUT2D eigenvalue weighted by Gasteiger charge is 2.29. The van der Waals surface area contributed by atoms with Gasteiger partial charge in [0.1, 0.15) is 12.4 Å². The number of hydrogen-bond donors (Lipinski definition) is 3. The molecule has 0 aliphatic rings. The van der Waals surface area contributed by atoms with Crippen molar-refractivity contribution in [3.63, 3.8) is 0 Å². The lowest BCUT2D eigenvalue weighted by atomic mass is 9.96. The molecular weight excluding hydrogens is 400 g/mol. The highest BCUT2D eigenvalue weighted by atomic mass is 32.2. The van der Waals surface area contributed by atoms with Crippen LogP contribution in [0.1, 0.15) is 22.5 Å². The molecule has 11 heteroatoms. The van der Waals surface area contributed by atoms with Crippen molar-refractivity contribution < 1.29 is 27.8 Å². The van der Waals surface area contributed by atoms with Crippen molar-refractivity contribution in [2.24, 2.45) is 0 Å². The molecule has 3 N–H and O–H groups in total. The number of nitrogens with zero attached hydrogens (tertiary/aromatic N) is 3. The monoisotopic (exact) mass is 422 g/mol. The summed E-state index contributed by atoms with van der Waals surface area (Å²) in [6.45, 7) is 0. The molecular formula is C18H22N4O6S. The average Bonchev–Trinajstić information content (AvgIpc) is 3.16. The van der Waals surface area contributed by atoms with Gasteiger partial charge in [0.25, 0.3) is 5.91 Å². The second kappa shape index (κ2) is 9.51. The lowest BCUT2D eigenvalue weighted by Crippen LogP contribution is -2.49. The molecule has 0 aliphatic heterocycles. The minimum atomic E-state index is -3.62. The van der Waals surface area contributed by atoms with E-state index in [1.807, 2.05) is 6.07 Å². The Labute approximate surface area is 168 Å². The molecule has 2 aromatic rings. The number of hydrogen-bond acceptors (Lipinski definition) is 8. The van der Waals surface area contributed by atoms with E-state index in [4.69, 9.17) is 9.68 Å². The Bertz CT molecular complexity index is 970. The van der Waals surface area contributed by atoms with E-state index < -0.39 is 34.2 Å². The van der Waals surface area contributed by atoms with Gasteiger partial charge < -0.3 is 19.9 Å². The van der Waals surface area contributed by atoms with Gasteiger partial charge in [-0.05, 0) is 12.0 Å². The number of nitriles is 1. The van der Waals surface area contributed by atoms with Gasteiger partial charge >= 0.3 is 6.01 Å². The van der Waals surface area contributed by atoms with E-state index in [1.165, 1.54) is 7.05 Å². The Morgan fingerprint density at radius 2 is 2.00 bits per heavy atom. The third kappa shape index (κ3) is 6.02. The van der Waals surface area contributed by atoms with Crippen molar-refractivity contribution in [3.05, 3.63) is 47.9 Å². The van der Waals surface area contributed by atoms with Crippen molar-refractivity contribution in [1.29, 1.82) is 5.26 Å². The fourth-order valence-electron chi connectivity index (χ4n) is 2.50. The van der Waals surface area contributed by atoms with Crippen LogP contribution in [0.15, 0.2) is 41.0 Å². The smallest absolute Gasteiger partial charge is 0.311 e. The summed E-state index contributed by atoms with van der Waals surface area (Å²) in [4.78, 5) is 16.4. The summed E-state index contributed by atoms with van der Waals surface area (Å²) in [6.07, 6.45) is -0.953. The van der Waals surface area contributed by atoms with Gasteiger partial charge in [-0.25, -0.2) is 12.7 Å². The minimum Gasteiger partial charge on any atom is -0.430 e. The van der Waals surface area contributed by atoms with Gasteiger partial charge in [0, 0.05) is 7.05 Å². The molecule has 10 nitrogen and oxygen atoms in total. The molecule has 0 fully saturated rings. The molecule has 1 heterocycles. The van der Waals surface area contributed by atoms with Gasteiger partial charge in [0.15, 0.2) is 5.69 Å². The van der Waals surface area contributed by atoms with Gasteiger partial charge in [0.05, 0.1) is 30.9 Å². The topological polar surface area (TPSA) is 157 Å². The van der Waals surface area contributed by atoms with Crippen molar-refractivity contribution in [1.82, 2.24) is 10.3 Å². The molecule has 156 valence electrons. The fraction of sp³-hybridized carbons (Fsp3) is 0.389. The number of nitrogens with one attached hydrogen (secondary N) is 1. The van der Waals surface area contributed by atoms with E-state index in [2.05, 4.69) is 10.3 Å². The highest BCUT2D eigenvalue weighted by Crippen LogP contribution is 2.16. The summed E-state index contributed by atoms with van der Waals surface area (Å²) < 4.78 is 28.9. The van der Waals surface area contributed by atoms with Crippen LogP contribution >= 0.6 is 0 Å². The third-order valence-electron chi connectivity index (χ3n) is 4.21. The fourth-order valence-corrected chi connectivity index (χ4v) is 2.87. The van der Waals surface area contributed by atoms with Crippen LogP contribution in [0.25, 0.3) is 0 Å². The molecule has 0 bridgehead atoms. The summed E-state index contributed by atoms with van der Waals surface area (Å²) in [5, 5.41) is 31.7. The second-order valence-electron chi connectivity index (χ2n) is 6.44. The van der Waals surface area contributed by atoms with Crippen molar-refractivity contribution in [2.45, 2.75) is 31.1 Å². The molecule has 0 aliphatic carbocycles. The quantitative estimate of drug-likeness (QED) is 0.511. The number of aliphatic hydroxyl groups excluding tert-OH is 2. The molecule has 0 saturated heterocycles. The largest absolute Gasteiger partial charge is 0.430 e. The Kier molecular flexibility index (Phi) is 7.33. The first kappa shape index (κ1) is 22.4. The number of rotatable bonds is 9. The summed E-state index contributed by atoms with van der Waals surface area (Å²) in [5.74, 6) is -0.731. The van der Waals surface area contributed by atoms with E-state index in [0.29, 0.717) is 0 Å².